The van der Waals surface area contributed by atoms with E-state index >= 15 is 0 Å². The van der Waals surface area contributed by atoms with Crippen LogP contribution in [-0.4, -0.2) is 20.7 Å². The summed E-state index contributed by atoms with van der Waals surface area (Å²) in [5.74, 6) is 0.00743. The van der Waals surface area contributed by atoms with Gasteiger partial charge in [0.1, 0.15) is 12.7 Å². The zero-order valence-electron chi connectivity index (χ0n) is 14.6. The molecule has 132 valence electrons. The molecule has 0 bridgehead atoms. The van der Waals surface area contributed by atoms with Crippen LogP contribution in [0.3, 0.4) is 0 Å². The van der Waals surface area contributed by atoms with E-state index < -0.39 is 0 Å². The molecule has 0 aliphatic heterocycles. The van der Waals surface area contributed by atoms with Crippen LogP contribution in [0.25, 0.3) is 0 Å². The van der Waals surface area contributed by atoms with Crippen molar-refractivity contribution >= 4 is 5.91 Å². The van der Waals surface area contributed by atoms with E-state index in [1.165, 1.54) is 17.5 Å². The van der Waals surface area contributed by atoms with Crippen molar-refractivity contribution in [1.82, 2.24) is 20.1 Å². The fourth-order valence-electron chi connectivity index (χ4n) is 3.73. The Morgan fingerprint density at radius 1 is 1.15 bits per heavy atom. The number of rotatable bonds is 5. The summed E-state index contributed by atoms with van der Waals surface area (Å²) < 4.78 is 1.76. The topological polar surface area (TPSA) is 59.8 Å². The molecule has 26 heavy (non-hydrogen) atoms. The molecular weight excluding hydrogens is 324 g/mol. The van der Waals surface area contributed by atoms with Gasteiger partial charge in [0.25, 0.3) is 0 Å². The molecule has 1 heterocycles. The molecule has 1 aliphatic carbocycles. The Hall–Kier alpha value is -2.95. The van der Waals surface area contributed by atoms with E-state index in [0.29, 0.717) is 6.54 Å². The second-order valence-corrected chi connectivity index (χ2v) is 6.73. The van der Waals surface area contributed by atoms with Crippen molar-refractivity contribution in [3.63, 3.8) is 0 Å². The van der Waals surface area contributed by atoms with Gasteiger partial charge in [0, 0.05) is 0 Å². The summed E-state index contributed by atoms with van der Waals surface area (Å²) >= 11 is 0. The standard InChI is InChI=1S/C21H22N4O/c26-21(19-12-6-10-16-7-4-5-11-18(16)19)24-20(13-25-15-22-14-23-25)17-8-2-1-3-9-17/h1-5,7-9,11,14-15,19-20H,6,10,12-13H2,(H,24,26)/t19-,20+/m0/s1. The number of fused-ring (bicyclic) bond motifs is 1. The number of benzene rings is 2. The predicted molar refractivity (Wildman–Crippen MR) is 99.5 cm³/mol. The highest BCUT2D eigenvalue weighted by Gasteiger charge is 2.28. The van der Waals surface area contributed by atoms with Gasteiger partial charge in [0.15, 0.2) is 0 Å². The van der Waals surface area contributed by atoms with Gasteiger partial charge in [-0.15, -0.1) is 0 Å². The van der Waals surface area contributed by atoms with Crippen LogP contribution in [0, 0.1) is 0 Å². The van der Waals surface area contributed by atoms with Gasteiger partial charge < -0.3 is 5.32 Å². The first-order chi connectivity index (χ1) is 12.8. The summed E-state index contributed by atoms with van der Waals surface area (Å²) in [7, 11) is 0. The first-order valence-electron chi connectivity index (χ1n) is 9.07. The number of nitrogens with zero attached hydrogens (tertiary/aromatic N) is 3. The molecular formula is C21H22N4O. The van der Waals surface area contributed by atoms with Crippen LogP contribution in [0.5, 0.6) is 0 Å². The minimum absolute atomic E-state index is 0.0816. The van der Waals surface area contributed by atoms with Gasteiger partial charge in [-0.05, 0) is 36.0 Å². The van der Waals surface area contributed by atoms with Gasteiger partial charge in [0.05, 0.1) is 18.5 Å². The number of carbonyl (C=O) groups excluding carboxylic acids is 1. The maximum absolute atomic E-state index is 13.1. The quantitative estimate of drug-likeness (QED) is 0.771. The first-order valence-corrected chi connectivity index (χ1v) is 9.07. The maximum atomic E-state index is 13.1. The Labute approximate surface area is 153 Å². The molecule has 0 spiro atoms. The maximum Gasteiger partial charge on any atom is 0.228 e. The third kappa shape index (κ3) is 3.52. The molecule has 4 rings (SSSR count). The third-order valence-electron chi connectivity index (χ3n) is 5.04. The van der Waals surface area contributed by atoms with Crippen molar-refractivity contribution < 1.29 is 4.79 Å². The van der Waals surface area contributed by atoms with E-state index in [9.17, 15) is 4.79 Å². The summed E-state index contributed by atoms with van der Waals surface area (Å²) in [5, 5.41) is 7.45. The van der Waals surface area contributed by atoms with Crippen LogP contribution in [-0.2, 0) is 17.8 Å². The number of hydrogen-bond acceptors (Lipinski definition) is 3. The van der Waals surface area contributed by atoms with E-state index in [1.807, 2.05) is 36.4 Å². The lowest BCUT2D eigenvalue weighted by molar-refractivity contribution is -0.123. The van der Waals surface area contributed by atoms with E-state index in [0.717, 1.165) is 24.8 Å². The highest BCUT2D eigenvalue weighted by Crippen LogP contribution is 2.32. The molecule has 0 saturated carbocycles. The minimum Gasteiger partial charge on any atom is -0.347 e. The summed E-state index contributed by atoms with van der Waals surface area (Å²) in [6, 6.07) is 18.2. The predicted octanol–water partition coefficient (Wildman–Crippen LogP) is 3.26. The number of carbonyl (C=O) groups is 1. The second kappa shape index (κ2) is 7.52. The summed E-state index contributed by atoms with van der Waals surface area (Å²) in [6.45, 7) is 0.560. The van der Waals surface area contributed by atoms with Crippen molar-refractivity contribution in [3.8, 4) is 0 Å². The molecule has 1 amide bonds. The first kappa shape index (κ1) is 16.5. The van der Waals surface area contributed by atoms with Gasteiger partial charge in [0.2, 0.25) is 5.91 Å². The normalized spacial score (nSPS) is 17.3. The van der Waals surface area contributed by atoms with Crippen LogP contribution in [0.4, 0.5) is 0 Å². The minimum atomic E-state index is -0.139. The largest absolute Gasteiger partial charge is 0.347 e. The van der Waals surface area contributed by atoms with Crippen LogP contribution in [0.2, 0.25) is 0 Å². The van der Waals surface area contributed by atoms with Gasteiger partial charge >= 0.3 is 0 Å². The fourth-order valence-corrected chi connectivity index (χ4v) is 3.73. The summed E-state index contributed by atoms with van der Waals surface area (Å²) in [6.07, 6.45) is 6.20. The van der Waals surface area contributed by atoms with E-state index in [-0.39, 0.29) is 17.9 Å². The van der Waals surface area contributed by atoms with Crippen molar-refractivity contribution in [2.24, 2.45) is 0 Å². The zero-order chi connectivity index (χ0) is 17.8. The number of amides is 1. The Balaban J connectivity index is 1.57. The number of nitrogens with one attached hydrogen (secondary N) is 1. The van der Waals surface area contributed by atoms with Crippen LogP contribution < -0.4 is 5.32 Å². The fraction of sp³-hybridized carbons (Fsp3) is 0.286. The monoisotopic (exact) mass is 346 g/mol. The smallest absolute Gasteiger partial charge is 0.228 e. The van der Waals surface area contributed by atoms with Crippen molar-refractivity contribution in [3.05, 3.63) is 83.9 Å². The molecule has 3 aromatic rings. The molecule has 1 N–H and O–H groups in total. The lowest BCUT2D eigenvalue weighted by Crippen LogP contribution is -2.36. The zero-order valence-corrected chi connectivity index (χ0v) is 14.6. The van der Waals surface area contributed by atoms with Crippen LogP contribution >= 0.6 is 0 Å². The Morgan fingerprint density at radius 3 is 2.77 bits per heavy atom. The molecule has 5 heteroatoms. The molecule has 5 nitrogen and oxygen atoms in total. The van der Waals surface area contributed by atoms with Crippen molar-refractivity contribution in [2.75, 3.05) is 0 Å². The highest BCUT2D eigenvalue weighted by atomic mass is 16.2. The molecule has 0 unspecified atom stereocenters. The van der Waals surface area contributed by atoms with Gasteiger partial charge in [-0.2, -0.15) is 5.10 Å². The summed E-state index contributed by atoms with van der Waals surface area (Å²) in [4.78, 5) is 17.1. The molecule has 0 saturated heterocycles. The lowest BCUT2D eigenvalue weighted by atomic mass is 9.82. The molecule has 2 atom stereocenters. The average molecular weight is 346 g/mol. The summed E-state index contributed by atoms with van der Waals surface area (Å²) in [5.41, 5.74) is 3.54. The van der Waals surface area contributed by atoms with E-state index in [1.54, 1.807) is 11.0 Å². The number of aryl methyl sites for hydroxylation is 1. The highest BCUT2D eigenvalue weighted by molar-refractivity contribution is 5.84. The second-order valence-electron chi connectivity index (χ2n) is 6.73. The van der Waals surface area contributed by atoms with Crippen molar-refractivity contribution in [1.29, 1.82) is 0 Å². The molecule has 1 aliphatic rings. The van der Waals surface area contributed by atoms with Gasteiger partial charge in [-0.3, -0.25) is 9.48 Å². The molecule has 0 radical (unpaired) electrons. The molecule has 2 aromatic carbocycles. The van der Waals surface area contributed by atoms with E-state index in [2.05, 4.69) is 33.6 Å². The Kier molecular flexibility index (Phi) is 4.78. The average Bonchev–Trinajstić information content (AvgIpc) is 3.21. The number of aromatic nitrogens is 3. The molecule has 0 fully saturated rings. The van der Waals surface area contributed by atoms with Crippen LogP contribution in [0.1, 0.15) is 41.5 Å². The third-order valence-corrected chi connectivity index (χ3v) is 5.04. The SMILES string of the molecule is O=C(N[C@H](Cn1cncn1)c1ccccc1)[C@H]1CCCc2ccccc21. The Morgan fingerprint density at radius 2 is 1.96 bits per heavy atom. The van der Waals surface area contributed by atoms with Crippen LogP contribution in [0.15, 0.2) is 67.3 Å². The number of hydrogen-bond donors (Lipinski definition) is 1. The van der Waals surface area contributed by atoms with E-state index in [4.69, 9.17) is 0 Å². The molecule has 1 aromatic heterocycles. The van der Waals surface area contributed by atoms with Gasteiger partial charge in [-0.1, -0.05) is 54.6 Å². The van der Waals surface area contributed by atoms with Gasteiger partial charge in [-0.25, -0.2) is 4.98 Å². The van der Waals surface area contributed by atoms with Crippen molar-refractivity contribution in [2.45, 2.75) is 37.8 Å². The lowest BCUT2D eigenvalue weighted by Gasteiger charge is -2.27. The Bertz CT molecular complexity index is 861.